The maximum absolute atomic E-state index is 13.2. The molecule has 192 valence electrons. The van der Waals surface area contributed by atoms with E-state index in [9.17, 15) is 26.4 Å². The molecule has 1 heterocycles. The van der Waals surface area contributed by atoms with E-state index in [4.69, 9.17) is 4.74 Å². The molecule has 0 aliphatic carbocycles. The van der Waals surface area contributed by atoms with Crippen molar-refractivity contribution in [3.63, 3.8) is 0 Å². The lowest BCUT2D eigenvalue weighted by atomic mass is 10.2. The molecule has 1 amide bonds. The van der Waals surface area contributed by atoms with Crippen molar-refractivity contribution in [2.75, 3.05) is 22.5 Å². The Labute approximate surface area is 220 Å². The van der Waals surface area contributed by atoms with Crippen LogP contribution in [0, 0.1) is 11.8 Å². The molecule has 2 aromatic carbocycles. The molecule has 8 nitrogen and oxygen atoms in total. The first-order chi connectivity index (χ1) is 17.0. The number of hydrogen-bond acceptors (Lipinski definition) is 6. The molecule has 0 aliphatic rings. The number of hydrogen-bond donors (Lipinski definition) is 3. The number of rotatable bonds is 8. The van der Waals surface area contributed by atoms with Crippen LogP contribution in [0.4, 0.5) is 24.5 Å². The number of sulfonamides is 1. The molecule has 13 heteroatoms. The predicted octanol–water partition coefficient (Wildman–Crippen LogP) is 4.65. The van der Waals surface area contributed by atoms with Crippen LogP contribution in [0.3, 0.4) is 0 Å². The number of benzene rings is 2. The minimum absolute atomic E-state index is 0.00643. The number of halogens is 4. The van der Waals surface area contributed by atoms with Gasteiger partial charge in [0, 0.05) is 17.9 Å². The lowest BCUT2D eigenvalue weighted by Crippen LogP contribution is -2.29. The van der Waals surface area contributed by atoms with Gasteiger partial charge in [0.05, 0.1) is 64.0 Å². The summed E-state index contributed by atoms with van der Waals surface area (Å²) < 4.78 is 75.6. The van der Waals surface area contributed by atoms with E-state index in [1.54, 1.807) is 24.3 Å². The highest BCUT2D eigenvalue weighted by Gasteiger charge is 2.30. The molecular formula is C23H22F3IN4O4S. The molecular weight excluding hydrogens is 612 g/mol. The van der Waals surface area contributed by atoms with Gasteiger partial charge in [-0.15, -0.1) is 0 Å². The molecule has 0 spiro atoms. The van der Waals surface area contributed by atoms with Gasteiger partial charge >= 0.3 is 6.18 Å². The molecule has 3 N–H and O–H groups in total. The summed E-state index contributed by atoms with van der Waals surface area (Å²) in [5, 5.41) is 3.58. The third-order valence-corrected chi connectivity index (χ3v) is 6.97. The van der Waals surface area contributed by atoms with E-state index >= 15 is 0 Å². The molecule has 0 bridgehead atoms. The quantitative estimate of drug-likeness (QED) is 0.190. The number of methoxy groups -OCH3 is 1. The topological polar surface area (TPSA) is 101 Å². The van der Waals surface area contributed by atoms with E-state index in [2.05, 4.69) is 20.7 Å². The number of nitrogens with zero attached hydrogens (tertiary/aromatic N) is 1. The Bertz CT molecular complexity index is 1440. The Kier molecular flexibility index (Phi) is 8.62. The summed E-state index contributed by atoms with van der Waals surface area (Å²) in [5.41, 5.74) is 1.69. The zero-order valence-electron chi connectivity index (χ0n) is 19.2. The van der Waals surface area contributed by atoms with Crippen LogP contribution in [0.5, 0.6) is 5.75 Å². The highest BCUT2D eigenvalue weighted by Crippen LogP contribution is 2.31. The number of anilines is 2. The first-order valence-electron chi connectivity index (χ1n) is 10.5. The number of carbonyl (C=O) groups is 1. The van der Waals surface area contributed by atoms with E-state index in [-0.39, 0.29) is 29.3 Å². The van der Waals surface area contributed by atoms with Crippen LogP contribution in [0.2, 0.25) is 0 Å². The molecule has 1 aromatic heterocycles. The standard InChI is InChI=1S/C23H22F3IN4O4S/c1-3-22(32)30-36(33,34)16-9-10-19(21(13-16)35-2)28-11-5-6-15-12-17-18(29-27)7-4-8-20(17)31(15)14-23(24,25)26/h4,7-10,12-13,28-29H,3,11,14H2,1-2H3,(H,30,32). The fourth-order valence-corrected chi connectivity index (χ4v) is 4.90. The summed E-state index contributed by atoms with van der Waals surface area (Å²) in [6.07, 6.45) is -4.42. The van der Waals surface area contributed by atoms with Gasteiger partial charge in [-0.1, -0.05) is 18.9 Å². The van der Waals surface area contributed by atoms with Crippen molar-refractivity contribution < 1.29 is 31.1 Å². The van der Waals surface area contributed by atoms with E-state index in [1.807, 2.05) is 27.6 Å². The third-order valence-electron chi connectivity index (χ3n) is 5.02. The van der Waals surface area contributed by atoms with Crippen LogP contribution in [0.25, 0.3) is 10.9 Å². The van der Waals surface area contributed by atoms with Gasteiger partial charge in [-0.25, -0.2) is 13.1 Å². The summed E-state index contributed by atoms with van der Waals surface area (Å²) in [6.45, 7) is 0.387. The normalized spacial score (nSPS) is 11.5. The number of aromatic nitrogens is 1. The summed E-state index contributed by atoms with van der Waals surface area (Å²) in [4.78, 5) is 11.3. The molecule has 0 saturated carbocycles. The van der Waals surface area contributed by atoms with E-state index in [0.29, 0.717) is 22.3 Å². The number of fused-ring (bicyclic) bond motifs is 1. The van der Waals surface area contributed by atoms with Crippen LogP contribution < -0.4 is 18.3 Å². The summed E-state index contributed by atoms with van der Waals surface area (Å²) in [5.74, 6) is 5.13. The largest absolute Gasteiger partial charge is 0.495 e. The molecule has 3 rings (SSSR count). The number of ether oxygens (including phenoxy) is 1. The van der Waals surface area contributed by atoms with Gasteiger partial charge in [-0.3, -0.25) is 4.79 Å². The van der Waals surface area contributed by atoms with Gasteiger partial charge in [0.25, 0.3) is 10.0 Å². The minimum atomic E-state index is -4.43. The van der Waals surface area contributed by atoms with Gasteiger partial charge < -0.3 is 18.2 Å². The smallest absolute Gasteiger partial charge is 0.406 e. The maximum atomic E-state index is 13.2. The van der Waals surface area contributed by atoms with Crippen molar-refractivity contribution in [3.8, 4) is 17.6 Å². The van der Waals surface area contributed by atoms with E-state index in [1.165, 1.54) is 32.2 Å². The SMILES string of the molecule is CCC(=O)NS(=O)(=O)c1ccc(NCC#Cc2cc3c(NI)cccc3n2CC(F)(F)F)c(OC)c1. The summed E-state index contributed by atoms with van der Waals surface area (Å²) in [7, 11) is -2.71. The molecule has 0 radical (unpaired) electrons. The van der Waals surface area contributed by atoms with Crippen LogP contribution in [-0.2, 0) is 21.4 Å². The van der Waals surface area contributed by atoms with Gasteiger partial charge in [0.1, 0.15) is 12.3 Å². The van der Waals surface area contributed by atoms with Gasteiger partial charge in [0.2, 0.25) is 5.91 Å². The van der Waals surface area contributed by atoms with Crippen molar-refractivity contribution >= 4 is 61.1 Å². The highest BCUT2D eigenvalue weighted by molar-refractivity contribution is 14.1. The molecule has 3 aromatic rings. The van der Waals surface area contributed by atoms with Crippen LogP contribution in [0.15, 0.2) is 47.4 Å². The molecule has 0 aliphatic heterocycles. The average molecular weight is 634 g/mol. The maximum Gasteiger partial charge on any atom is 0.406 e. The Balaban J connectivity index is 1.84. The van der Waals surface area contributed by atoms with Crippen molar-refractivity contribution in [1.82, 2.24) is 9.29 Å². The third kappa shape index (κ3) is 6.55. The van der Waals surface area contributed by atoms with Crippen LogP contribution in [0.1, 0.15) is 19.0 Å². The zero-order chi connectivity index (χ0) is 26.5. The number of alkyl halides is 3. The lowest BCUT2D eigenvalue weighted by molar-refractivity contribution is -0.140. The Morgan fingerprint density at radius 1 is 1.17 bits per heavy atom. The van der Waals surface area contributed by atoms with Crippen LogP contribution >= 0.6 is 22.9 Å². The summed E-state index contributed by atoms with van der Waals surface area (Å²) in [6, 6.07) is 10.6. The average Bonchev–Trinajstić information content (AvgIpc) is 3.17. The van der Waals surface area contributed by atoms with Crippen molar-refractivity contribution in [1.29, 1.82) is 0 Å². The summed E-state index contributed by atoms with van der Waals surface area (Å²) >= 11 is 1.92. The van der Waals surface area contributed by atoms with Crippen LogP contribution in [-0.4, -0.2) is 38.7 Å². The molecule has 0 atom stereocenters. The van der Waals surface area contributed by atoms with Gasteiger partial charge in [0.15, 0.2) is 0 Å². The Morgan fingerprint density at radius 2 is 1.92 bits per heavy atom. The van der Waals surface area contributed by atoms with E-state index < -0.39 is 28.7 Å². The zero-order valence-corrected chi connectivity index (χ0v) is 22.1. The molecule has 0 saturated heterocycles. The second kappa shape index (κ2) is 11.3. The number of amides is 1. The Hall–Kier alpha value is -3.12. The Morgan fingerprint density at radius 3 is 2.56 bits per heavy atom. The van der Waals surface area contributed by atoms with Crippen molar-refractivity contribution in [2.45, 2.75) is 31.0 Å². The predicted molar refractivity (Wildman–Crippen MR) is 140 cm³/mol. The first-order valence-corrected chi connectivity index (χ1v) is 13.1. The number of carbonyl (C=O) groups excluding carboxylic acids is 1. The first kappa shape index (κ1) is 27.5. The van der Waals surface area contributed by atoms with Crippen molar-refractivity contribution in [3.05, 3.63) is 48.2 Å². The second-order valence-corrected chi connectivity index (χ2v) is 9.69. The second-order valence-electron chi connectivity index (χ2n) is 7.46. The molecule has 0 unspecified atom stereocenters. The van der Waals surface area contributed by atoms with Gasteiger partial charge in [-0.05, 0) is 36.3 Å². The van der Waals surface area contributed by atoms with Crippen molar-refractivity contribution in [2.24, 2.45) is 0 Å². The lowest BCUT2D eigenvalue weighted by Gasteiger charge is -2.12. The fraction of sp³-hybridized carbons (Fsp3) is 0.261. The molecule has 36 heavy (non-hydrogen) atoms. The highest BCUT2D eigenvalue weighted by atomic mass is 127. The van der Waals surface area contributed by atoms with E-state index in [0.717, 1.165) is 4.57 Å². The molecule has 0 fully saturated rings. The monoisotopic (exact) mass is 634 g/mol. The number of nitrogens with one attached hydrogen (secondary N) is 3. The minimum Gasteiger partial charge on any atom is -0.495 e. The fourth-order valence-electron chi connectivity index (χ4n) is 3.36. The van der Waals surface area contributed by atoms with Gasteiger partial charge in [-0.2, -0.15) is 13.2 Å².